The molecule has 28 heavy (non-hydrogen) atoms. The Morgan fingerprint density at radius 2 is 1.96 bits per heavy atom. The maximum atomic E-state index is 13.9. The summed E-state index contributed by atoms with van der Waals surface area (Å²) >= 11 is 1.43. The van der Waals surface area contributed by atoms with Gasteiger partial charge in [-0.2, -0.15) is 0 Å². The van der Waals surface area contributed by atoms with E-state index in [4.69, 9.17) is 0 Å². The first-order chi connectivity index (χ1) is 13.5. The molecular formula is C22H25FN2O2S. The summed E-state index contributed by atoms with van der Waals surface area (Å²) in [5, 5.41) is 0. The second-order valence-electron chi connectivity index (χ2n) is 6.72. The molecule has 0 aliphatic carbocycles. The van der Waals surface area contributed by atoms with Crippen LogP contribution in [0, 0.1) is 5.82 Å². The van der Waals surface area contributed by atoms with Gasteiger partial charge in [0, 0.05) is 41.0 Å². The van der Waals surface area contributed by atoms with Crippen molar-refractivity contribution in [2.45, 2.75) is 32.7 Å². The maximum absolute atomic E-state index is 13.9. The number of halogens is 1. The molecule has 0 bridgehead atoms. The van der Waals surface area contributed by atoms with Crippen LogP contribution in [0.15, 0.2) is 42.5 Å². The van der Waals surface area contributed by atoms with Gasteiger partial charge in [-0.25, -0.2) is 4.39 Å². The van der Waals surface area contributed by atoms with Crippen LogP contribution in [0.2, 0.25) is 0 Å². The van der Waals surface area contributed by atoms with E-state index in [2.05, 4.69) is 0 Å². The van der Waals surface area contributed by atoms with Crippen LogP contribution >= 0.6 is 11.3 Å². The highest BCUT2D eigenvalue weighted by molar-refractivity contribution is 7.16. The molecule has 1 aromatic heterocycles. The van der Waals surface area contributed by atoms with Gasteiger partial charge in [-0.1, -0.05) is 18.2 Å². The van der Waals surface area contributed by atoms with Crippen LogP contribution in [0.25, 0.3) is 16.5 Å². The summed E-state index contributed by atoms with van der Waals surface area (Å²) in [7, 11) is 0. The molecule has 2 aromatic rings. The van der Waals surface area contributed by atoms with Crippen LogP contribution in [0.4, 0.5) is 4.39 Å². The average molecular weight is 401 g/mol. The van der Waals surface area contributed by atoms with Gasteiger partial charge >= 0.3 is 0 Å². The van der Waals surface area contributed by atoms with Crippen molar-refractivity contribution < 1.29 is 14.0 Å². The Morgan fingerprint density at radius 1 is 1.21 bits per heavy atom. The highest BCUT2D eigenvalue weighted by Crippen LogP contribution is 2.30. The molecule has 0 spiro atoms. The molecule has 148 valence electrons. The third-order valence-electron chi connectivity index (χ3n) is 5.05. The average Bonchev–Trinajstić information content (AvgIpc) is 3.37. The molecule has 0 saturated carbocycles. The topological polar surface area (TPSA) is 40.6 Å². The summed E-state index contributed by atoms with van der Waals surface area (Å²) in [5.74, 6) is -0.378. The number of carbonyl (C=O) groups excluding carboxylic acids is 2. The SMILES string of the molecule is CCN(CC)C(=O)C1CCCN1C(=O)C=Cc1ccc(-c2ccccc2F)s1. The van der Waals surface area contributed by atoms with Gasteiger partial charge < -0.3 is 9.80 Å². The van der Waals surface area contributed by atoms with Crippen molar-refractivity contribution in [2.75, 3.05) is 19.6 Å². The number of benzene rings is 1. The Morgan fingerprint density at radius 3 is 2.68 bits per heavy atom. The zero-order valence-corrected chi connectivity index (χ0v) is 17.0. The molecule has 1 unspecified atom stereocenters. The Kier molecular flexibility index (Phi) is 6.62. The van der Waals surface area contributed by atoms with Crippen molar-refractivity contribution in [1.82, 2.24) is 9.80 Å². The highest BCUT2D eigenvalue weighted by atomic mass is 32.1. The molecule has 1 aromatic carbocycles. The lowest BCUT2D eigenvalue weighted by atomic mass is 10.2. The van der Waals surface area contributed by atoms with E-state index < -0.39 is 0 Å². The summed E-state index contributed by atoms with van der Waals surface area (Å²) < 4.78 is 13.9. The van der Waals surface area contributed by atoms with Crippen LogP contribution in [0.1, 0.15) is 31.6 Å². The zero-order chi connectivity index (χ0) is 20.1. The molecule has 1 saturated heterocycles. The highest BCUT2D eigenvalue weighted by Gasteiger charge is 2.34. The first kappa shape index (κ1) is 20.3. The summed E-state index contributed by atoms with van der Waals surface area (Å²) in [6.07, 6.45) is 4.82. The monoisotopic (exact) mass is 400 g/mol. The fourth-order valence-electron chi connectivity index (χ4n) is 3.53. The summed E-state index contributed by atoms with van der Waals surface area (Å²) in [6.45, 7) is 5.81. The third-order valence-corrected chi connectivity index (χ3v) is 6.14. The summed E-state index contributed by atoms with van der Waals surface area (Å²) in [5.41, 5.74) is 0.558. The molecule has 0 N–H and O–H groups in total. The predicted molar refractivity (Wildman–Crippen MR) is 111 cm³/mol. The van der Waals surface area contributed by atoms with Crippen molar-refractivity contribution in [3.05, 3.63) is 53.2 Å². The number of amides is 2. The number of thiophene rings is 1. The standard InChI is InChI=1S/C22H25FN2O2S/c1-3-24(4-2)22(27)19-10-7-15-25(19)21(26)14-12-16-11-13-20(28-16)17-8-5-6-9-18(17)23/h5-6,8-9,11-14,19H,3-4,7,10,15H2,1-2H3. The number of hydrogen-bond donors (Lipinski definition) is 0. The lowest BCUT2D eigenvalue weighted by molar-refractivity contribution is -0.141. The van der Waals surface area contributed by atoms with Gasteiger partial charge in [-0.05, 0) is 51.0 Å². The van der Waals surface area contributed by atoms with Gasteiger partial charge in [-0.3, -0.25) is 9.59 Å². The molecule has 1 aliphatic rings. The van der Waals surface area contributed by atoms with Crippen LogP contribution < -0.4 is 0 Å². The number of rotatable bonds is 6. The van der Waals surface area contributed by atoms with Crippen LogP contribution in [0.3, 0.4) is 0 Å². The first-order valence-electron chi connectivity index (χ1n) is 9.67. The Balaban J connectivity index is 1.70. The van der Waals surface area contributed by atoms with Crippen LogP contribution in [0.5, 0.6) is 0 Å². The van der Waals surface area contributed by atoms with Crippen molar-refractivity contribution in [1.29, 1.82) is 0 Å². The fourth-order valence-corrected chi connectivity index (χ4v) is 4.47. The van der Waals surface area contributed by atoms with E-state index in [1.807, 2.05) is 26.0 Å². The van der Waals surface area contributed by atoms with Crippen molar-refractivity contribution >= 4 is 29.2 Å². The number of likely N-dealkylation sites (tertiary alicyclic amines) is 1. The minimum absolute atomic E-state index is 0.0298. The summed E-state index contributed by atoms with van der Waals surface area (Å²) in [4.78, 5) is 30.5. The maximum Gasteiger partial charge on any atom is 0.247 e. The van der Waals surface area contributed by atoms with Gasteiger partial charge in [0.2, 0.25) is 11.8 Å². The minimum atomic E-state index is -0.366. The van der Waals surface area contributed by atoms with Gasteiger partial charge in [-0.15, -0.1) is 11.3 Å². The zero-order valence-electron chi connectivity index (χ0n) is 16.2. The molecule has 1 fully saturated rings. The lowest BCUT2D eigenvalue weighted by Gasteiger charge is -2.28. The molecular weight excluding hydrogens is 375 g/mol. The molecule has 4 nitrogen and oxygen atoms in total. The molecule has 0 radical (unpaired) electrons. The number of likely N-dealkylation sites (N-methyl/N-ethyl adjacent to an activating group) is 1. The van der Waals surface area contributed by atoms with E-state index >= 15 is 0 Å². The number of nitrogens with zero attached hydrogens (tertiary/aromatic N) is 2. The third kappa shape index (κ3) is 4.33. The summed E-state index contributed by atoms with van der Waals surface area (Å²) in [6, 6.07) is 10.0. The Hall–Kier alpha value is -2.47. The first-order valence-corrected chi connectivity index (χ1v) is 10.5. The van der Waals surface area contributed by atoms with E-state index in [1.54, 1.807) is 34.1 Å². The van der Waals surface area contributed by atoms with Gasteiger partial charge in [0.15, 0.2) is 0 Å². The minimum Gasteiger partial charge on any atom is -0.341 e. The second-order valence-corrected chi connectivity index (χ2v) is 7.83. The van der Waals surface area contributed by atoms with Crippen molar-refractivity contribution in [3.8, 4) is 10.4 Å². The van der Waals surface area contributed by atoms with Crippen LogP contribution in [-0.4, -0.2) is 47.3 Å². The molecule has 2 heterocycles. The number of hydrogen-bond acceptors (Lipinski definition) is 3. The van der Waals surface area contributed by atoms with Gasteiger partial charge in [0.05, 0.1) is 0 Å². The normalized spacial score (nSPS) is 16.7. The largest absolute Gasteiger partial charge is 0.341 e. The lowest BCUT2D eigenvalue weighted by Crippen LogP contribution is -2.47. The smallest absolute Gasteiger partial charge is 0.247 e. The van der Waals surface area contributed by atoms with Crippen molar-refractivity contribution in [2.24, 2.45) is 0 Å². The molecule has 1 atom stereocenters. The quantitative estimate of drug-likeness (QED) is 0.673. The Bertz CT molecular complexity index is 873. The number of carbonyl (C=O) groups is 2. The second kappa shape index (κ2) is 9.15. The van der Waals surface area contributed by atoms with Gasteiger partial charge in [0.1, 0.15) is 11.9 Å². The van der Waals surface area contributed by atoms with Gasteiger partial charge in [0.25, 0.3) is 0 Å². The van der Waals surface area contributed by atoms with E-state index in [9.17, 15) is 14.0 Å². The van der Waals surface area contributed by atoms with Crippen molar-refractivity contribution in [3.63, 3.8) is 0 Å². The molecule has 1 aliphatic heterocycles. The van der Waals surface area contributed by atoms with E-state index in [-0.39, 0.29) is 23.7 Å². The van der Waals surface area contributed by atoms with Crippen LogP contribution in [-0.2, 0) is 9.59 Å². The van der Waals surface area contributed by atoms with E-state index in [0.29, 0.717) is 31.6 Å². The van der Waals surface area contributed by atoms with E-state index in [1.165, 1.54) is 23.5 Å². The molecule has 3 rings (SSSR count). The predicted octanol–water partition coefficient (Wildman–Crippen LogP) is 4.43. The fraction of sp³-hybridized carbons (Fsp3) is 0.364. The molecule has 6 heteroatoms. The molecule has 2 amide bonds. The van der Waals surface area contributed by atoms with E-state index in [0.717, 1.165) is 16.2 Å². The Labute approximate surface area is 169 Å².